The fourth-order valence-electron chi connectivity index (χ4n) is 5.78. The van der Waals surface area contributed by atoms with Crippen LogP contribution in [-0.2, 0) is 16.0 Å². The zero-order valence-corrected chi connectivity index (χ0v) is 24.3. The number of aliphatic hydroxyl groups is 1. The minimum Gasteiger partial charge on any atom is -0.508 e. The average molecular weight is 587 g/mol. The first-order valence-electron chi connectivity index (χ1n) is 14.3. The number of hydrogen-bond acceptors (Lipinski definition) is 6. The van der Waals surface area contributed by atoms with Gasteiger partial charge in [0.25, 0.3) is 17.7 Å². The van der Waals surface area contributed by atoms with Gasteiger partial charge in [0.2, 0.25) is 5.91 Å². The van der Waals surface area contributed by atoms with Crippen LogP contribution in [-0.4, -0.2) is 94.6 Å². The Bertz CT molecular complexity index is 1280. The Balaban J connectivity index is 1.57. The summed E-state index contributed by atoms with van der Waals surface area (Å²) in [5, 5.41) is 26.8. The van der Waals surface area contributed by atoms with E-state index in [9.17, 15) is 24.6 Å². The van der Waals surface area contributed by atoms with Gasteiger partial charge in [-0.2, -0.15) is 0 Å². The average Bonchev–Trinajstić information content (AvgIpc) is 3.53. The molecule has 0 radical (unpaired) electrons. The number of hydrogen-bond donors (Lipinski definition) is 4. The van der Waals surface area contributed by atoms with Gasteiger partial charge in [-0.1, -0.05) is 50.2 Å². The molecule has 2 aromatic carbocycles. The van der Waals surface area contributed by atoms with Crippen molar-refractivity contribution in [3.63, 3.8) is 0 Å². The van der Waals surface area contributed by atoms with Gasteiger partial charge in [0.15, 0.2) is 6.10 Å². The van der Waals surface area contributed by atoms with Crippen molar-refractivity contribution in [2.24, 2.45) is 5.41 Å². The summed E-state index contributed by atoms with van der Waals surface area (Å²) in [6.45, 7) is 5.64. The number of halogens is 2. The molecule has 0 saturated carbocycles. The molecule has 228 valence electrons. The molecule has 2 fully saturated rings. The van der Waals surface area contributed by atoms with E-state index < -0.39 is 53.8 Å². The molecular formula is C31H40F2N4O5. The number of rotatable bonds is 10. The number of aromatic hydroxyl groups is 1. The smallest absolute Gasteiger partial charge is 0.272 e. The molecular weight excluding hydrogens is 546 g/mol. The highest BCUT2D eigenvalue weighted by atomic mass is 19.3. The van der Waals surface area contributed by atoms with Crippen molar-refractivity contribution < 1.29 is 33.4 Å². The largest absolute Gasteiger partial charge is 0.508 e. The minimum absolute atomic E-state index is 0.0116. The predicted molar refractivity (Wildman–Crippen MR) is 153 cm³/mol. The van der Waals surface area contributed by atoms with Crippen LogP contribution in [0.3, 0.4) is 0 Å². The van der Waals surface area contributed by atoms with Crippen LogP contribution in [0.2, 0.25) is 0 Å². The number of carbonyl (C=O) groups excluding carboxylic acids is 3. The first-order chi connectivity index (χ1) is 19.8. The molecule has 2 aromatic rings. The molecule has 42 heavy (non-hydrogen) atoms. The minimum atomic E-state index is -3.41. The molecule has 2 heterocycles. The van der Waals surface area contributed by atoms with E-state index in [1.165, 1.54) is 32.0 Å². The fraction of sp³-hybridized carbons (Fsp3) is 0.516. The van der Waals surface area contributed by atoms with Gasteiger partial charge in [-0.05, 0) is 57.0 Å². The van der Waals surface area contributed by atoms with Gasteiger partial charge in [0.1, 0.15) is 11.8 Å². The zero-order chi connectivity index (χ0) is 30.7. The molecule has 0 spiro atoms. The summed E-state index contributed by atoms with van der Waals surface area (Å²) < 4.78 is 30.6. The molecule has 9 nitrogen and oxygen atoms in total. The van der Waals surface area contributed by atoms with Crippen molar-refractivity contribution in [2.45, 2.75) is 64.1 Å². The lowest BCUT2D eigenvalue weighted by Crippen LogP contribution is -2.58. The topological polar surface area (TPSA) is 122 Å². The summed E-state index contributed by atoms with van der Waals surface area (Å²) in [4.78, 5) is 43.2. The van der Waals surface area contributed by atoms with Crippen molar-refractivity contribution in [1.29, 1.82) is 0 Å². The Labute approximate surface area is 244 Å². The van der Waals surface area contributed by atoms with E-state index in [4.69, 9.17) is 0 Å². The third-order valence-corrected chi connectivity index (χ3v) is 8.56. The summed E-state index contributed by atoms with van der Waals surface area (Å²) in [6.07, 6.45) is 0.220. The second-order valence-corrected chi connectivity index (χ2v) is 11.8. The maximum Gasteiger partial charge on any atom is 0.272 e. The van der Waals surface area contributed by atoms with Crippen LogP contribution >= 0.6 is 0 Å². The maximum absolute atomic E-state index is 15.3. The normalized spacial score (nSPS) is 21.1. The van der Waals surface area contributed by atoms with E-state index in [0.29, 0.717) is 17.7 Å². The Morgan fingerprint density at radius 2 is 1.71 bits per heavy atom. The molecule has 3 amide bonds. The Morgan fingerprint density at radius 3 is 2.38 bits per heavy atom. The van der Waals surface area contributed by atoms with Crippen LogP contribution in [0.1, 0.15) is 48.2 Å². The highest BCUT2D eigenvalue weighted by Crippen LogP contribution is 2.48. The van der Waals surface area contributed by atoms with Crippen molar-refractivity contribution in [3.05, 3.63) is 65.2 Å². The Hall–Kier alpha value is -3.57. The van der Waals surface area contributed by atoms with Crippen LogP contribution < -0.4 is 10.6 Å². The number of nitrogens with zero attached hydrogens (tertiary/aromatic N) is 2. The van der Waals surface area contributed by atoms with Crippen LogP contribution in [0.5, 0.6) is 5.75 Å². The number of nitrogens with one attached hydrogen (secondary N) is 2. The molecule has 3 atom stereocenters. The molecule has 2 aliphatic heterocycles. The lowest BCUT2D eigenvalue weighted by Gasteiger charge is -2.34. The number of likely N-dealkylation sites (tertiary alicyclic amines) is 2. The van der Waals surface area contributed by atoms with Crippen molar-refractivity contribution in [3.8, 4) is 5.75 Å². The van der Waals surface area contributed by atoms with Crippen molar-refractivity contribution in [2.75, 3.05) is 32.7 Å². The summed E-state index contributed by atoms with van der Waals surface area (Å²) >= 11 is 0. The Kier molecular flexibility index (Phi) is 9.52. The number of benzene rings is 2. The number of phenols is 1. The van der Waals surface area contributed by atoms with Gasteiger partial charge in [-0.25, -0.2) is 8.78 Å². The Morgan fingerprint density at radius 1 is 1.05 bits per heavy atom. The summed E-state index contributed by atoms with van der Waals surface area (Å²) in [5.74, 6) is -5.95. The van der Waals surface area contributed by atoms with Gasteiger partial charge in [0, 0.05) is 24.2 Å². The van der Waals surface area contributed by atoms with E-state index in [0.717, 1.165) is 30.8 Å². The first kappa shape index (κ1) is 31.4. The third-order valence-electron chi connectivity index (χ3n) is 8.56. The molecule has 0 bridgehead atoms. The quantitative estimate of drug-likeness (QED) is 0.340. The van der Waals surface area contributed by atoms with Crippen molar-refractivity contribution in [1.82, 2.24) is 20.4 Å². The lowest BCUT2D eigenvalue weighted by molar-refractivity contribution is -0.148. The van der Waals surface area contributed by atoms with Gasteiger partial charge in [0.05, 0.1) is 18.0 Å². The number of alkyl halides is 2. The highest BCUT2D eigenvalue weighted by Gasteiger charge is 2.64. The maximum atomic E-state index is 15.3. The van der Waals surface area contributed by atoms with Crippen LogP contribution in [0, 0.1) is 12.3 Å². The van der Waals surface area contributed by atoms with Gasteiger partial charge in [-0.15, -0.1) is 0 Å². The van der Waals surface area contributed by atoms with Crippen LogP contribution in [0.25, 0.3) is 0 Å². The molecule has 11 heteroatoms. The number of aliphatic hydroxyl groups excluding tert-OH is 1. The second kappa shape index (κ2) is 12.7. The van der Waals surface area contributed by atoms with E-state index in [1.807, 2.05) is 0 Å². The van der Waals surface area contributed by atoms with E-state index >= 15 is 8.78 Å². The molecule has 2 aliphatic rings. The fourth-order valence-corrected chi connectivity index (χ4v) is 5.78. The van der Waals surface area contributed by atoms with E-state index in [-0.39, 0.29) is 24.3 Å². The molecule has 0 aliphatic carbocycles. The molecule has 4 N–H and O–H groups in total. The lowest BCUT2D eigenvalue weighted by atomic mass is 9.81. The first-order valence-corrected chi connectivity index (χ1v) is 14.3. The van der Waals surface area contributed by atoms with E-state index in [1.54, 1.807) is 37.3 Å². The highest BCUT2D eigenvalue weighted by molar-refractivity contribution is 5.97. The molecule has 0 aromatic heterocycles. The second-order valence-electron chi connectivity index (χ2n) is 11.8. The van der Waals surface area contributed by atoms with Crippen LogP contribution in [0.4, 0.5) is 8.78 Å². The van der Waals surface area contributed by atoms with Crippen LogP contribution in [0.15, 0.2) is 48.5 Å². The van der Waals surface area contributed by atoms with Gasteiger partial charge < -0.3 is 30.6 Å². The number of carbonyl (C=O) groups is 3. The number of phenolic OH excluding ortho intramolecular Hbond substituents is 1. The predicted octanol–water partition coefficient (Wildman–Crippen LogP) is 2.49. The summed E-state index contributed by atoms with van der Waals surface area (Å²) in [5.41, 5.74) is -0.778. The summed E-state index contributed by atoms with van der Waals surface area (Å²) in [6, 6.07) is 10.5. The molecule has 0 unspecified atom stereocenters. The SMILES string of the molecule is Cc1c(O)cccc1C(=O)N[C@@H](Cc1ccccc1)[C@H](O)C(=O)N1CC(F)(F)C(C)(C)[C@H]1C(=O)NCCN1CCCC1. The zero-order valence-electron chi connectivity index (χ0n) is 24.3. The molecule has 4 rings (SSSR count). The monoisotopic (exact) mass is 586 g/mol. The molecule has 2 saturated heterocycles. The van der Waals surface area contributed by atoms with E-state index in [2.05, 4.69) is 15.5 Å². The van der Waals surface area contributed by atoms with Gasteiger partial charge >= 0.3 is 0 Å². The summed E-state index contributed by atoms with van der Waals surface area (Å²) in [7, 11) is 0. The third kappa shape index (κ3) is 6.57. The van der Waals surface area contributed by atoms with Crippen molar-refractivity contribution >= 4 is 17.7 Å². The number of amides is 3. The van der Waals surface area contributed by atoms with Gasteiger partial charge in [-0.3, -0.25) is 14.4 Å². The standard InChI is InChI=1S/C31H40F2N4O5/c1-20-22(12-9-13-24(20)38)27(40)35-23(18-21-10-5-4-6-11-21)25(39)29(42)37-19-31(32,33)30(2,3)26(37)28(41)34-14-17-36-15-7-8-16-36/h4-6,9-13,23,25-26,38-39H,7-8,14-19H2,1-3H3,(H,34,41)(H,35,40)/t23-,25-,26+/m0/s1.